The van der Waals surface area contributed by atoms with Crippen molar-refractivity contribution in [2.45, 2.75) is 11.1 Å². The Kier molecular flexibility index (Phi) is 5.81. The lowest BCUT2D eigenvalue weighted by molar-refractivity contribution is 0.0526. The van der Waals surface area contributed by atoms with E-state index >= 15 is 0 Å². The third kappa shape index (κ3) is 4.01. The molecule has 0 amide bonds. The van der Waals surface area contributed by atoms with Gasteiger partial charge in [-0.25, -0.2) is 18.2 Å². The molecule has 0 N–H and O–H groups in total. The molecule has 2 aromatic rings. The third-order valence-corrected chi connectivity index (χ3v) is 7.56. The maximum atomic E-state index is 12.6. The van der Waals surface area contributed by atoms with Crippen LogP contribution >= 0.6 is 22.9 Å². The van der Waals surface area contributed by atoms with Gasteiger partial charge in [-0.1, -0.05) is 11.6 Å². The number of anilines is 1. The average molecular weight is 416 g/mol. The molecule has 3 rings (SSSR count). The molecule has 1 saturated heterocycles. The fourth-order valence-corrected chi connectivity index (χ4v) is 5.69. The van der Waals surface area contributed by atoms with Crippen molar-refractivity contribution in [3.8, 4) is 0 Å². The van der Waals surface area contributed by atoms with Crippen LogP contribution < -0.4 is 4.90 Å². The van der Waals surface area contributed by atoms with Crippen LogP contribution in [0.3, 0.4) is 0 Å². The summed E-state index contributed by atoms with van der Waals surface area (Å²) in [7, 11) is -3.51. The van der Waals surface area contributed by atoms with Gasteiger partial charge in [0.15, 0.2) is 0 Å². The quantitative estimate of drug-likeness (QED) is 0.698. The summed E-state index contributed by atoms with van der Waals surface area (Å²) >= 11 is 6.91. The minimum absolute atomic E-state index is 0.257. The second-order valence-corrected chi connectivity index (χ2v) is 9.46. The minimum Gasteiger partial charge on any atom is -0.462 e. The number of esters is 1. The monoisotopic (exact) mass is 415 g/mol. The van der Waals surface area contributed by atoms with Crippen LogP contribution in [0.1, 0.15) is 17.3 Å². The van der Waals surface area contributed by atoms with E-state index in [0.717, 1.165) is 11.3 Å². The SMILES string of the molecule is CCOC(=O)c1ccc(N2CCN(S(=O)(=O)c3ccc(Cl)s3)CC2)nc1. The van der Waals surface area contributed by atoms with Gasteiger partial charge < -0.3 is 9.64 Å². The van der Waals surface area contributed by atoms with Crippen molar-refractivity contribution in [1.29, 1.82) is 0 Å². The number of pyridine rings is 1. The minimum atomic E-state index is -3.51. The molecule has 3 heterocycles. The molecule has 0 aromatic carbocycles. The van der Waals surface area contributed by atoms with E-state index in [-0.39, 0.29) is 4.21 Å². The lowest BCUT2D eigenvalue weighted by Crippen LogP contribution is -2.48. The molecule has 1 aliphatic rings. The Morgan fingerprint density at radius 2 is 1.96 bits per heavy atom. The van der Waals surface area contributed by atoms with E-state index in [2.05, 4.69) is 4.98 Å². The second kappa shape index (κ2) is 7.91. The molecular formula is C16H18ClN3O4S2. The van der Waals surface area contributed by atoms with Gasteiger partial charge >= 0.3 is 5.97 Å². The molecule has 1 fully saturated rings. The molecule has 0 bridgehead atoms. The summed E-state index contributed by atoms with van der Waals surface area (Å²) in [5.74, 6) is 0.298. The third-order valence-electron chi connectivity index (χ3n) is 3.96. The predicted octanol–water partition coefficient (Wildman–Crippen LogP) is 2.48. The normalized spacial score (nSPS) is 15.8. The molecule has 2 aromatic heterocycles. The number of nitrogens with zero attached hydrogens (tertiary/aromatic N) is 3. The van der Waals surface area contributed by atoms with Gasteiger partial charge in [0.05, 0.1) is 16.5 Å². The second-order valence-electron chi connectivity index (χ2n) is 5.58. The van der Waals surface area contributed by atoms with Crippen LogP contribution in [0.4, 0.5) is 5.82 Å². The van der Waals surface area contributed by atoms with Gasteiger partial charge in [-0.15, -0.1) is 11.3 Å². The van der Waals surface area contributed by atoms with Crippen LogP contribution in [0.25, 0.3) is 0 Å². The summed E-state index contributed by atoms with van der Waals surface area (Å²) < 4.78 is 32.3. The van der Waals surface area contributed by atoms with Gasteiger partial charge in [0.25, 0.3) is 10.0 Å². The van der Waals surface area contributed by atoms with E-state index in [4.69, 9.17) is 16.3 Å². The summed E-state index contributed by atoms with van der Waals surface area (Å²) in [6.45, 7) is 3.82. The van der Waals surface area contributed by atoms with E-state index < -0.39 is 16.0 Å². The highest BCUT2D eigenvalue weighted by molar-refractivity contribution is 7.91. The Morgan fingerprint density at radius 1 is 1.23 bits per heavy atom. The molecule has 0 radical (unpaired) electrons. The Labute approximate surface area is 161 Å². The Bertz CT molecular complexity index is 875. The number of hydrogen-bond donors (Lipinski definition) is 0. The fourth-order valence-electron chi connectivity index (χ4n) is 2.63. The van der Waals surface area contributed by atoms with Crippen LogP contribution in [0.2, 0.25) is 4.34 Å². The molecule has 0 aliphatic carbocycles. The number of sulfonamides is 1. The van der Waals surface area contributed by atoms with Crippen molar-refractivity contribution in [3.63, 3.8) is 0 Å². The van der Waals surface area contributed by atoms with Crippen molar-refractivity contribution in [3.05, 3.63) is 40.4 Å². The van der Waals surface area contributed by atoms with Crippen molar-refractivity contribution in [2.24, 2.45) is 0 Å². The fraction of sp³-hybridized carbons (Fsp3) is 0.375. The maximum absolute atomic E-state index is 12.6. The van der Waals surface area contributed by atoms with Crippen molar-refractivity contribution in [2.75, 3.05) is 37.7 Å². The number of carbonyl (C=O) groups excluding carboxylic acids is 1. The summed E-state index contributed by atoms with van der Waals surface area (Å²) in [6.07, 6.45) is 1.48. The number of rotatable bonds is 5. The average Bonchev–Trinajstić information content (AvgIpc) is 3.09. The lowest BCUT2D eigenvalue weighted by atomic mass is 10.2. The van der Waals surface area contributed by atoms with Crippen LogP contribution in [0.15, 0.2) is 34.7 Å². The first-order valence-corrected chi connectivity index (χ1v) is 10.7. The van der Waals surface area contributed by atoms with Gasteiger partial charge in [0.2, 0.25) is 0 Å². The van der Waals surface area contributed by atoms with E-state index in [0.29, 0.717) is 48.5 Å². The van der Waals surface area contributed by atoms with Gasteiger partial charge in [0.1, 0.15) is 10.0 Å². The van der Waals surface area contributed by atoms with Gasteiger partial charge in [-0.2, -0.15) is 4.31 Å². The number of piperazine rings is 1. The largest absolute Gasteiger partial charge is 0.462 e. The Hall–Kier alpha value is -1.68. The highest BCUT2D eigenvalue weighted by Crippen LogP contribution is 2.29. The number of halogens is 1. The van der Waals surface area contributed by atoms with Crippen LogP contribution in [-0.4, -0.2) is 56.5 Å². The topological polar surface area (TPSA) is 79.8 Å². The first kappa shape index (κ1) is 19.1. The molecule has 0 atom stereocenters. The molecule has 0 saturated carbocycles. The van der Waals surface area contributed by atoms with Crippen molar-refractivity contribution < 1.29 is 17.9 Å². The van der Waals surface area contributed by atoms with Gasteiger partial charge in [-0.3, -0.25) is 0 Å². The van der Waals surface area contributed by atoms with Crippen LogP contribution in [0, 0.1) is 0 Å². The predicted molar refractivity (Wildman–Crippen MR) is 100 cm³/mol. The number of carbonyl (C=O) groups is 1. The number of aromatic nitrogens is 1. The summed E-state index contributed by atoms with van der Waals surface area (Å²) in [6, 6.07) is 6.53. The Morgan fingerprint density at radius 3 is 2.50 bits per heavy atom. The molecule has 0 spiro atoms. The molecule has 140 valence electrons. The zero-order valence-corrected chi connectivity index (χ0v) is 16.5. The molecule has 1 aliphatic heterocycles. The molecule has 26 heavy (non-hydrogen) atoms. The number of hydrogen-bond acceptors (Lipinski definition) is 7. The smallest absolute Gasteiger partial charge is 0.339 e. The molecule has 0 unspecified atom stereocenters. The van der Waals surface area contributed by atoms with E-state index in [9.17, 15) is 13.2 Å². The van der Waals surface area contributed by atoms with E-state index in [1.807, 2.05) is 4.90 Å². The van der Waals surface area contributed by atoms with Crippen molar-refractivity contribution >= 4 is 44.7 Å². The van der Waals surface area contributed by atoms with Gasteiger partial charge in [-0.05, 0) is 31.2 Å². The standard InChI is InChI=1S/C16H18ClN3O4S2/c1-2-24-16(21)12-3-5-14(18-11-12)19-7-9-20(10-8-19)26(22,23)15-6-4-13(17)25-15/h3-6,11H,2,7-10H2,1H3. The zero-order valence-electron chi connectivity index (χ0n) is 14.1. The maximum Gasteiger partial charge on any atom is 0.339 e. The van der Waals surface area contributed by atoms with Crippen molar-refractivity contribution in [1.82, 2.24) is 9.29 Å². The summed E-state index contributed by atoms with van der Waals surface area (Å²) in [5.41, 5.74) is 0.395. The van der Waals surface area contributed by atoms with E-state index in [1.165, 1.54) is 16.6 Å². The van der Waals surface area contributed by atoms with E-state index in [1.54, 1.807) is 25.1 Å². The van der Waals surface area contributed by atoms with Crippen LogP contribution in [-0.2, 0) is 14.8 Å². The summed E-state index contributed by atoms with van der Waals surface area (Å²) in [4.78, 5) is 17.9. The van der Waals surface area contributed by atoms with Gasteiger partial charge in [0, 0.05) is 32.4 Å². The molecular weight excluding hydrogens is 398 g/mol. The zero-order chi connectivity index (χ0) is 18.7. The highest BCUT2D eigenvalue weighted by Gasteiger charge is 2.30. The number of ether oxygens (including phenoxy) is 1. The molecule has 10 heteroatoms. The Balaban J connectivity index is 1.64. The number of thiophene rings is 1. The molecule has 7 nitrogen and oxygen atoms in total. The summed E-state index contributed by atoms with van der Waals surface area (Å²) in [5, 5.41) is 0. The highest BCUT2D eigenvalue weighted by atomic mass is 35.5. The first-order valence-electron chi connectivity index (χ1n) is 8.05. The van der Waals surface area contributed by atoms with Crippen LogP contribution in [0.5, 0.6) is 0 Å². The first-order chi connectivity index (χ1) is 12.4. The lowest BCUT2D eigenvalue weighted by Gasteiger charge is -2.34.